The van der Waals surface area contributed by atoms with Crippen LogP contribution in [0.1, 0.15) is 12.6 Å². The Bertz CT molecular complexity index is 301. The van der Waals surface area contributed by atoms with E-state index >= 15 is 0 Å². The zero-order valence-corrected chi connectivity index (χ0v) is 7.72. The minimum Gasteiger partial charge on any atom is -0.390 e. The van der Waals surface area contributed by atoms with Gasteiger partial charge >= 0.3 is 5.92 Å². The molecule has 1 rings (SSSR count). The number of aliphatic hydroxyl groups excluding tert-OH is 1. The van der Waals surface area contributed by atoms with E-state index in [9.17, 15) is 8.78 Å². The van der Waals surface area contributed by atoms with E-state index in [1.54, 1.807) is 6.92 Å². The van der Waals surface area contributed by atoms with Crippen LogP contribution in [0.25, 0.3) is 0 Å². The van der Waals surface area contributed by atoms with Gasteiger partial charge in [0.25, 0.3) is 0 Å². The maximum absolute atomic E-state index is 13.0. The zero-order valence-electron chi connectivity index (χ0n) is 6.97. The van der Waals surface area contributed by atoms with E-state index in [2.05, 4.69) is 4.98 Å². The van der Waals surface area contributed by atoms with Gasteiger partial charge in [-0.15, -0.1) is 0 Å². The molecule has 0 aliphatic carbocycles. The Morgan fingerprint density at radius 2 is 2.31 bits per heavy atom. The number of alkyl halides is 2. The van der Waals surface area contributed by atoms with Crippen molar-refractivity contribution in [3.8, 4) is 0 Å². The van der Waals surface area contributed by atoms with Crippen molar-refractivity contribution in [1.82, 2.24) is 9.55 Å². The highest BCUT2D eigenvalue weighted by atomic mass is 35.5. The Kier molecular flexibility index (Phi) is 2.87. The summed E-state index contributed by atoms with van der Waals surface area (Å²) < 4.78 is 27.3. The molecule has 0 unspecified atom stereocenters. The number of nitrogens with zero attached hydrogens (tertiary/aromatic N) is 2. The second-order valence-corrected chi connectivity index (χ2v) is 2.89. The van der Waals surface area contributed by atoms with Crippen LogP contribution in [0.4, 0.5) is 8.78 Å². The first kappa shape index (κ1) is 10.4. The summed E-state index contributed by atoms with van der Waals surface area (Å²) in [5, 5.41) is 8.20. The molecule has 0 radical (unpaired) electrons. The molecule has 0 bridgehead atoms. The van der Waals surface area contributed by atoms with E-state index in [0.717, 1.165) is 0 Å². The summed E-state index contributed by atoms with van der Waals surface area (Å²) in [5.74, 6) is -3.33. The molecule has 0 amide bonds. The predicted octanol–water partition coefficient (Wildman–Crippen LogP) is 1.64. The number of hydrogen-bond donors (Lipinski definition) is 1. The van der Waals surface area contributed by atoms with Gasteiger partial charge in [0.1, 0.15) is 12.3 Å². The summed E-state index contributed by atoms with van der Waals surface area (Å²) in [6.45, 7) is 0.762. The highest BCUT2D eigenvalue weighted by molar-refractivity contribution is 6.30. The maximum Gasteiger partial charge on any atom is 0.313 e. The molecule has 1 heterocycles. The molecule has 0 aromatic carbocycles. The van der Waals surface area contributed by atoms with E-state index in [1.165, 1.54) is 10.9 Å². The van der Waals surface area contributed by atoms with Crippen LogP contribution in [0.5, 0.6) is 0 Å². The van der Waals surface area contributed by atoms with E-state index in [1.807, 2.05) is 0 Å². The molecule has 74 valence electrons. The fourth-order valence-electron chi connectivity index (χ4n) is 1.03. The topological polar surface area (TPSA) is 38.0 Å². The normalized spacial score (nSPS) is 12.1. The second kappa shape index (κ2) is 3.59. The highest BCUT2D eigenvalue weighted by Gasteiger charge is 2.36. The van der Waals surface area contributed by atoms with Crippen molar-refractivity contribution < 1.29 is 13.9 Å². The Labute approximate surface area is 79.0 Å². The van der Waals surface area contributed by atoms with Crippen LogP contribution in [0.3, 0.4) is 0 Å². The Morgan fingerprint density at radius 1 is 1.69 bits per heavy atom. The molecule has 1 aromatic rings. The molecule has 0 saturated carbocycles. The van der Waals surface area contributed by atoms with Gasteiger partial charge < -0.3 is 9.67 Å². The molecule has 3 nitrogen and oxygen atoms in total. The zero-order chi connectivity index (χ0) is 10.1. The van der Waals surface area contributed by atoms with Crippen molar-refractivity contribution in [2.24, 2.45) is 0 Å². The first-order valence-electron chi connectivity index (χ1n) is 3.72. The number of aryl methyl sites for hydroxylation is 1. The van der Waals surface area contributed by atoms with Crippen LogP contribution >= 0.6 is 11.6 Å². The molecule has 13 heavy (non-hydrogen) atoms. The molecule has 0 atom stereocenters. The van der Waals surface area contributed by atoms with Crippen molar-refractivity contribution >= 4 is 11.6 Å². The van der Waals surface area contributed by atoms with Gasteiger partial charge in [-0.3, -0.25) is 0 Å². The number of hydrogen-bond acceptors (Lipinski definition) is 2. The standard InChI is InChI=1S/C7H9ClF2N2O/c1-2-12-4-11-6(8)5(12)7(9,10)3-13/h4,13H,2-3H2,1H3. The van der Waals surface area contributed by atoms with Gasteiger partial charge in [0, 0.05) is 6.54 Å². The largest absolute Gasteiger partial charge is 0.390 e. The number of imidazole rings is 1. The highest BCUT2D eigenvalue weighted by Crippen LogP contribution is 2.32. The third-order valence-corrected chi connectivity index (χ3v) is 1.96. The molecule has 0 spiro atoms. The number of aliphatic hydroxyl groups is 1. The minimum atomic E-state index is -3.33. The Hall–Kier alpha value is -0.680. The summed E-state index contributed by atoms with van der Waals surface area (Å²) in [4.78, 5) is 3.54. The Balaban J connectivity index is 3.18. The van der Waals surface area contributed by atoms with E-state index in [0.29, 0.717) is 6.54 Å². The summed E-state index contributed by atoms with van der Waals surface area (Å²) >= 11 is 5.46. The lowest BCUT2D eigenvalue weighted by atomic mass is 10.2. The minimum absolute atomic E-state index is 0.263. The van der Waals surface area contributed by atoms with E-state index in [-0.39, 0.29) is 5.15 Å². The molecule has 1 N–H and O–H groups in total. The smallest absolute Gasteiger partial charge is 0.313 e. The summed E-state index contributed by atoms with van der Waals surface area (Å²) in [5.41, 5.74) is -0.431. The molecular formula is C7H9ClF2N2O. The number of aromatic nitrogens is 2. The lowest BCUT2D eigenvalue weighted by molar-refractivity contribution is -0.0617. The Morgan fingerprint density at radius 3 is 2.77 bits per heavy atom. The first-order valence-corrected chi connectivity index (χ1v) is 4.10. The fourth-order valence-corrected chi connectivity index (χ4v) is 1.32. The van der Waals surface area contributed by atoms with Gasteiger partial charge in [0.2, 0.25) is 0 Å². The van der Waals surface area contributed by atoms with Crippen molar-refractivity contribution in [3.63, 3.8) is 0 Å². The maximum atomic E-state index is 13.0. The van der Waals surface area contributed by atoms with Crippen molar-refractivity contribution in [1.29, 1.82) is 0 Å². The summed E-state index contributed by atoms with van der Waals surface area (Å²) in [6.07, 6.45) is 1.22. The van der Waals surface area contributed by atoms with Crippen LogP contribution in [-0.4, -0.2) is 21.3 Å². The first-order chi connectivity index (χ1) is 6.03. The predicted molar refractivity (Wildman–Crippen MR) is 43.9 cm³/mol. The van der Waals surface area contributed by atoms with Crippen LogP contribution < -0.4 is 0 Å². The van der Waals surface area contributed by atoms with Crippen LogP contribution in [0.2, 0.25) is 5.15 Å². The molecule has 0 aliphatic heterocycles. The lowest BCUT2D eigenvalue weighted by Crippen LogP contribution is -2.22. The molecular weight excluding hydrogens is 202 g/mol. The fraction of sp³-hybridized carbons (Fsp3) is 0.571. The van der Waals surface area contributed by atoms with Gasteiger partial charge in [-0.2, -0.15) is 8.78 Å². The monoisotopic (exact) mass is 210 g/mol. The average Bonchev–Trinajstić information content (AvgIpc) is 2.47. The van der Waals surface area contributed by atoms with Gasteiger partial charge in [-0.1, -0.05) is 11.6 Å². The van der Waals surface area contributed by atoms with Crippen LogP contribution in [0, 0.1) is 0 Å². The molecule has 1 aromatic heterocycles. The molecule has 0 aliphatic rings. The van der Waals surface area contributed by atoms with Crippen molar-refractivity contribution in [2.75, 3.05) is 6.61 Å². The van der Waals surface area contributed by atoms with Gasteiger partial charge in [0.15, 0.2) is 5.15 Å². The molecule has 0 saturated heterocycles. The quantitative estimate of drug-likeness (QED) is 0.824. The SMILES string of the molecule is CCn1cnc(Cl)c1C(F)(F)CO. The third kappa shape index (κ3) is 1.81. The average molecular weight is 211 g/mol. The molecule has 6 heteroatoms. The van der Waals surface area contributed by atoms with E-state index in [4.69, 9.17) is 16.7 Å². The number of rotatable bonds is 3. The molecule has 0 fully saturated rings. The van der Waals surface area contributed by atoms with Gasteiger partial charge in [-0.05, 0) is 6.92 Å². The van der Waals surface area contributed by atoms with Crippen LogP contribution in [0.15, 0.2) is 6.33 Å². The van der Waals surface area contributed by atoms with Gasteiger partial charge in [-0.25, -0.2) is 4.98 Å². The van der Waals surface area contributed by atoms with E-state index < -0.39 is 18.2 Å². The summed E-state index contributed by atoms with van der Waals surface area (Å²) in [7, 11) is 0. The number of halogens is 3. The van der Waals surface area contributed by atoms with Crippen molar-refractivity contribution in [2.45, 2.75) is 19.4 Å². The van der Waals surface area contributed by atoms with Gasteiger partial charge in [0.05, 0.1) is 6.33 Å². The lowest BCUT2D eigenvalue weighted by Gasteiger charge is -2.15. The second-order valence-electron chi connectivity index (χ2n) is 2.53. The van der Waals surface area contributed by atoms with Crippen LogP contribution in [-0.2, 0) is 12.5 Å². The third-order valence-electron chi connectivity index (χ3n) is 1.68. The summed E-state index contributed by atoms with van der Waals surface area (Å²) in [6, 6.07) is 0. The van der Waals surface area contributed by atoms with Crippen molar-refractivity contribution in [3.05, 3.63) is 17.2 Å².